The largest absolute Gasteiger partial charge is 0.481 e. The maximum Gasteiger partial charge on any atom is 0.305 e. The molecule has 0 amide bonds. The third kappa shape index (κ3) is 5.98. The average Bonchev–Trinajstić information content (AvgIpc) is 3.37. The molecule has 0 bridgehead atoms. The summed E-state index contributed by atoms with van der Waals surface area (Å²) >= 11 is 16.1. The number of carboxylic acids is 1. The quantitative estimate of drug-likeness (QED) is 0.168. The summed E-state index contributed by atoms with van der Waals surface area (Å²) in [6, 6.07) is 25.5. The number of hydrogen-bond donors (Lipinski definition) is 2. The van der Waals surface area contributed by atoms with Crippen molar-refractivity contribution in [2.45, 2.75) is 25.4 Å². The van der Waals surface area contributed by atoms with E-state index in [4.69, 9.17) is 39.1 Å². The van der Waals surface area contributed by atoms with Crippen molar-refractivity contribution in [1.82, 2.24) is 9.78 Å². The first-order valence-corrected chi connectivity index (χ1v) is 14.0. The predicted molar refractivity (Wildman–Crippen MR) is 163 cm³/mol. The molecule has 5 rings (SSSR count). The zero-order chi connectivity index (χ0) is 28.6. The fourth-order valence-corrected chi connectivity index (χ4v) is 5.59. The van der Waals surface area contributed by atoms with Crippen molar-refractivity contribution < 1.29 is 14.7 Å². The highest BCUT2D eigenvalue weighted by atomic mass is 79.9. The third-order valence-electron chi connectivity index (χ3n) is 6.77. The molecular weight excluding hydrogens is 613 g/mol. The van der Waals surface area contributed by atoms with Crippen LogP contribution in [0, 0.1) is 0 Å². The maximum absolute atomic E-state index is 12.6. The van der Waals surface area contributed by atoms with Gasteiger partial charge in [0, 0.05) is 31.2 Å². The van der Waals surface area contributed by atoms with Gasteiger partial charge in [-0.2, -0.15) is 5.10 Å². The summed E-state index contributed by atoms with van der Waals surface area (Å²) in [6.07, 6.45) is -0.424. The first-order chi connectivity index (χ1) is 19.1. The van der Waals surface area contributed by atoms with Crippen LogP contribution < -0.4 is 5.73 Å². The van der Waals surface area contributed by atoms with Crippen LogP contribution in [0.1, 0.15) is 35.3 Å². The highest BCUT2D eigenvalue weighted by Crippen LogP contribution is 2.35. The lowest BCUT2D eigenvalue weighted by Crippen LogP contribution is -2.32. The number of ketones is 1. The van der Waals surface area contributed by atoms with E-state index in [1.165, 1.54) is 0 Å². The van der Waals surface area contributed by atoms with E-state index in [1.54, 1.807) is 18.2 Å². The van der Waals surface area contributed by atoms with Crippen molar-refractivity contribution in [1.29, 1.82) is 0 Å². The fourth-order valence-electron chi connectivity index (χ4n) is 4.69. The molecule has 0 fully saturated rings. The molecule has 202 valence electrons. The molecular formula is C31H24BrCl2N3O3. The Morgan fingerprint density at radius 2 is 1.55 bits per heavy atom. The van der Waals surface area contributed by atoms with E-state index in [9.17, 15) is 9.59 Å². The van der Waals surface area contributed by atoms with E-state index in [0.29, 0.717) is 21.3 Å². The zero-order valence-corrected chi connectivity index (χ0v) is 24.4. The van der Waals surface area contributed by atoms with Crippen LogP contribution in [0.25, 0.3) is 33.3 Å². The van der Waals surface area contributed by atoms with Gasteiger partial charge in [-0.3, -0.25) is 14.3 Å². The van der Waals surface area contributed by atoms with Gasteiger partial charge in [0.15, 0.2) is 5.78 Å². The number of aromatic nitrogens is 2. The zero-order valence-electron chi connectivity index (χ0n) is 21.3. The van der Waals surface area contributed by atoms with Crippen LogP contribution in [0.15, 0.2) is 89.4 Å². The van der Waals surface area contributed by atoms with Crippen LogP contribution in [0.2, 0.25) is 10.0 Å². The monoisotopic (exact) mass is 635 g/mol. The fraction of sp³-hybridized carbons (Fsp3) is 0.129. The van der Waals surface area contributed by atoms with Gasteiger partial charge in [0.1, 0.15) is 0 Å². The molecule has 0 saturated heterocycles. The van der Waals surface area contributed by atoms with Gasteiger partial charge in [-0.05, 0) is 65.7 Å². The number of carboxylic acid groups (broad SMARTS) is 1. The molecule has 40 heavy (non-hydrogen) atoms. The second-order valence-electron chi connectivity index (χ2n) is 9.59. The van der Waals surface area contributed by atoms with E-state index in [1.807, 2.05) is 48.0 Å². The van der Waals surface area contributed by atoms with Crippen molar-refractivity contribution in [3.05, 3.63) is 111 Å². The summed E-state index contributed by atoms with van der Waals surface area (Å²) < 4.78 is 2.95. The molecule has 0 radical (unpaired) electrons. The Hall–Kier alpha value is -3.49. The topological polar surface area (TPSA) is 98.2 Å². The van der Waals surface area contributed by atoms with Gasteiger partial charge >= 0.3 is 5.97 Å². The minimum absolute atomic E-state index is 0.212. The van der Waals surface area contributed by atoms with Gasteiger partial charge < -0.3 is 10.8 Å². The van der Waals surface area contributed by atoms with Crippen LogP contribution in [-0.2, 0) is 4.79 Å². The number of rotatable bonds is 8. The molecule has 6 nitrogen and oxygen atoms in total. The van der Waals surface area contributed by atoms with E-state index in [0.717, 1.165) is 37.6 Å². The van der Waals surface area contributed by atoms with Gasteiger partial charge in [-0.25, -0.2) is 0 Å². The molecule has 2 atom stereocenters. The molecule has 3 N–H and O–H groups in total. The van der Waals surface area contributed by atoms with E-state index < -0.39 is 24.2 Å². The Bertz CT molecular complexity index is 1730. The summed E-state index contributed by atoms with van der Waals surface area (Å²) in [5.74, 6) is -1.53. The Balaban J connectivity index is 1.56. The Morgan fingerprint density at radius 1 is 0.900 bits per heavy atom. The Morgan fingerprint density at radius 3 is 2.23 bits per heavy atom. The van der Waals surface area contributed by atoms with E-state index >= 15 is 0 Å². The maximum atomic E-state index is 12.6. The molecule has 9 heteroatoms. The second-order valence-corrected chi connectivity index (χ2v) is 11.4. The van der Waals surface area contributed by atoms with Crippen LogP contribution in [0.3, 0.4) is 0 Å². The summed E-state index contributed by atoms with van der Waals surface area (Å²) in [7, 11) is 0. The van der Waals surface area contributed by atoms with Crippen LogP contribution >= 0.6 is 39.1 Å². The lowest BCUT2D eigenvalue weighted by molar-refractivity contribution is -0.137. The standard InChI is InChI=1S/C31H24BrCl2N3O3/c1-17(18-2-4-19(5-3-18)31(40)27(35)15-30(38)39)37-29(16-28(36-37)23-12-25(33)14-26(34)13-23)22-7-6-21-11-24(32)9-8-20(21)10-22/h2-14,16-17,27H,15,35H2,1H3,(H,38,39). The molecule has 2 unspecified atom stereocenters. The second kappa shape index (κ2) is 11.6. The number of halogens is 3. The number of carbonyl (C=O) groups is 2. The Kier molecular flexibility index (Phi) is 8.10. The number of nitrogens with zero attached hydrogens (tertiary/aromatic N) is 2. The number of carbonyl (C=O) groups excluding carboxylic acids is 1. The smallest absolute Gasteiger partial charge is 0.305 e. The number of fused-ring (bicyclic) bond motifs is 1. The predicted octanol–water partition coefficient (Wildman–Crippen LogP) is 8.03. The van der Waals surface area contributed by atoms with Crippen LogP contribution in [0.4, 0.5) is 0 Å². The van der Waals surface area contributed by atoms with Gasteiger partial charge in [0.25, 0.3) is 0 Å². The van der Waals surface area contributed by atoms with Gasteiger partial charge in [-0.15, -0.1) is 0 Å². The van der Waals surface area contributed by atoms with E-state index in [-0.39, 0.29) is 6.04 Å². The number of Topliss-reactive ketones (excluding diaryl/α,β-unsaturated/α-hetero) is 1. The molecule has 1 aromatic heterocycles. The molecule has 4 aromatic carbocycles. The average molecular weight is 637 g/mol. The summed E-state index contributed by atoms with van der Waals surface area (Å²) in [4.78, 5) is 23.5. The summed E-state index contributed by atoms with van der Waals surface area (Å²) in [5.41, 5.74) is 10.4. The highest BCUT2D eigenvalue weighted by Gasteiger charge is 2.21. The first kappa shape index (κ1) is 28.1. The van der Waals surface area contributed by atoms with Crippen molar-refractivity contribution in [2.75, 3.05) is 0 Å². The van der Waals surface area contributed by atoms with Crippen molar-refractivity contribution in [3.63, 3.8) is 0 Å². The first-order valence-electron chi connectivity index (χ1n) is 12.5. The molecule has 1 heterocycles. The summed E-state index contributed by atoms with van der Waals surface area (Å²) in [6.45, 7) is 2.02. The normalized spacial score (nSPS) is 12.8. The number of hydrogen-bond acceptors (Lipinski definition) is 4. The highest BCUT2D eigenvalue weighted by molar-refractivity contribution is 9.10. The van der Waals surface area contributed by atoms with Crippen molar-refractivity contribution >= 4 is 61.7 Å². The Labute approximate surface area is 249 Å². The van der Waals surface area contributed by atoms with Crippen LogP contribution in [0.5, 0.6) is 0 Å². The minimum Gasteiger partial charge on any atom is -0.481 e. The van der Waals surface area contributed by atoms with Gasteiger partial charge in [0.2, 0.25) is 0 Å². The number of nitrogens with two attached hydrogens (primary N) is 1. The molecule has 0 aliphatic carbocycles. The molecule has 0 aliphatic heterocycles. The molecule has 0 saturated carbocycles. The van der Waals surface area contributed by atoms with Crippen molar-refractivity contribution in [2.24, 2.45) is 5.73 Å². The molecule has 5 aromatic rings. The van der Waals surface area contributed by atoms with Gasteiger partial charge in [0.05, 0.1) is 29.9 Å². The van der Waals surface area contributed by atoms with Gasteiger partial charge in [-0.1, -0.05) is 81.6 Å². The number of benzene rings is 4. The summed E-state index contributed by atoms with van der Waals surface area (Å²) in [5, 5.41) is 17.2. The number of aliphatic carboxylic acids is 1. The van der Waals surface area contributed by atoms with Crippen molar-refractivity contribution in [3.8, 4) is 22.5 Å². The van der Waals surface area contributed by atoms with Crippen LogP contribution in [-0.4, -0.2) is 32.7 Å². The third-order valence-corrected chi connectivity index (χ3v) is 7.70. The molecule has 0 spiro atoms. The molecule has 0 aliphatic rings. The van der Waals surface area contributed by atoms with E-state index in [2.05, 4.69) is 46.3 Å². The minimum atomic E-state index is -1.12. The lowest BCUT2D eigenvalue weighted by Gasteiger charge is -2.17. The SMILES string of the molecule is CC(c1ccc(C(=O)C(N)CC(=O)O)cc1)n1nc(-c2cc(Cl)cc(Cl)c2)cc1-c1ccc2cc(Br)ccc2c1. The lowest BCUT2D eigenvalue weighted by atomic mass is 9.99.